The van der Waals surface area contributed by atoms with Crippen molar-refractivity contribution in [3.8, 4) is 0 Å². The topological polar surface area (TPSA) is 12.0 Å². The van der Waals surface area contributed by atoms with Gasteiger partial charge in [-0.1, -0.05) is 64.7 Å². The van der Waals surface area contributed by atoms with Crippen LogP contribution in [0.15, 0.2) is 0 Å². The van der Waals surface area contributed by atoms with E-state index in [4.69, 9.17) is 0 Å². The van der Waals surface area contributed by atoms with Gasteiger partial charge in [-0.3, -0.25) is 0 Å². The summed E-state index contributed by atoms with van der Waals surface area (Å²) in [6, 6.07) is 0. The van der Waals surface area contributed by atoms with E-state index in [1.165, 1.54) is 83.7 Å². The van der Waals surface area contributed by atoms with Gasteiger partial charge in [0.05, 0.1) is 0 Å². The first-order valence-corrected chi connectivity index (χ1v) is 7.64. The Hall–Kier alpha value is -0.0400. The second-order valence-electron chi connectivity index (χ2n) is 5.46. The maximum absolute atomic E-state index is 3.44. The van der Waals surface area contributed by atoms with Crippen LogP contribution in [0.5, 0.6) is 0 Å². The molecule has 96 valence electrons. The largest absolute Gasteiger partial charge is 0.317 e. The molecular formula is C15H31N. The molecule has 16 heavy (non-hydrogen) atoms. The SMILES string of the molecule is CCCCCCCCCCC1CCNCC1. The molecule has 0 unspecified atom stereocenters. The van der Waals surface area contributed by atoms with E-state index in [0.29, 0.717) is 0 Å². The molecule has 0 saturated carbocycles. The average molecular weight is 225 g/mol. The number of hydrogen-bond acceptors (Lipinski definition) is 1. The minimum absolute atomic E-state index is 1.04. The Morgan fingerprint density at radius 3 is 2.00 bits per heavy atom. The van der Waals surface area contributed by atoms with Crippen LogP contribution in [0.1, 0.15) is 77.6 Å². The van der Waals surface area contributed by atoms with Crippen molar-refractivity contribution in [1.82, 2.24) is 5.32 Å². The number of hydrogen-bond donors (Lipinski definition) is 1. The predicted molar refractivity (Wildman–Crippen MR) is 72.8 cm³/mol. The van der Waals surface area contributed by atoms with Crippen LogP contribution in [0.4, 0.5) is 0 Å². The van der Waals surface area contributed by atoms with Crippen molar-refractivity contribution in [3.05, 3.63) is 0 Å². The summed E-state index contributed by atoms with van der Waals surface area (Å²) in [6.07, 6.45) is 16.0. The van der Waals surface area contributed by atoms with Gasteiger partial charge in [0.25, 0.3) is 0 Å². The Labute approximate surface area is 102 Å². The molecule has 0 spiro atoms. The fourth-order valence-electron chi connectivity index (χ4n) is 2.74. The molecule has 0 aromatic heterocycles. The fraction of sp³-hybridized carbons (Fsp3) is 1.00. The quantitative estimate of drug-likeness (QED) is 0.569. The summed E-state index contributed by atoms with van der Waals surface area (Å²) in [4.78, 5) is 0. The smallest absolute Gasteiger partial charge is 0.00463 e. The van der Waals surface area contributed by atoms with Gasteiger partial charge in [0.15, 0.2) is 0 Å². The van der Waals surface area contributed by atoms with E-state index in [2.05, 4.69) is 12.2 Å². The Bertz CT molecular complexity index is 138. The van der Waals surface area contributed by atoms with Crippen molar-refractivity contribution >= 4 is 0 Å². The first kappa shape index (κ1) is 14.0. The van der Waals surface area contributed by atoms with Crippen molar-refractivity contribution in [1.29, 1.82) is 0 Å². The highest BCUT2D eigenvalue weighted by Gasteiger charge is 2.11. The van der Waals surface area contributed by atoms with Crippen LogP contribution in [0.25, 0.3) is 0 Å². The van der Waals surface area contributed by atoms with Gasteiger partial charge < -0.3 is 5.32 Å². The minimum Gasteiger partial charge on any atom is -0.317 e. The summed E-state index contributed by atoms with van der Waals surface area (Å²) >= 11 is 0. The van der Waals surface area contributed by atoms with Gasteiger partial charge >= 0.3 is 0 Å². The molecule has 1 N–H and O–H groups in total. The Kier molecular flexibility index (Phi) is 8.88. The standard InChI is InChI=1S/C15H31N/c1-2-3-4-5-6-7-8-9-10-15-11-13-16-14-12-15/h15-16H,2-14H2,1H3. The lowest BCUT2D eigenvalue weighted by molar-refractivity contribution is 0.342. The van der Waals surface area contributed by atoms with Gasteiger partial charge in [-0.2, -0.15) is 0 Å². The minimum atomic E-state index is 1.04. The zero-order valence-electron chi connectivity index (χ0n) is 11.3. The van der Waals surface area contributed by atoms with Crippen LogP contribution in [0.3, 0.4) is 0 Å². The first-order chi connectivity index (χ1) is 7.93. The third-order valence-electron chi connectivity index (χ3n) is 3.92. The van der Waals surface area contributed by atoms with Crippen LogP contribution < -0.4 is 5.32 Å². The normalized spacial score (nSPS) is 17.8. The molecule has 0 aliphatic carbocycles. The summed E-state index contributed by atoms with van der Waals surface area (Å²) < 4.78 is 0. The van der Waals surface area contributed by atoms with Crippen molar-refractivity contribution in [2.75, 3.05) is 13.1 Å². The van der Waals surface area contributed by atoms with Crippen molar-refractivity contribution in [3.63, 3.8) is 0 Å². The number of piperidine rings is 1. The number of rotatable bonds is 9. The van der Waals surface area contributed by atoms with E-state index >= 15 is 0 Å². The van der Waals surface area contributed by atoms with E-state index in [0.717, 1.165) is 5.92 Å². The molecule has 0 radical (unpaired) electrons. The molecule has 0 bridgehead atoms. The van der Waals surface area contributed by atoms with Gasteiger partial charge in [-0.25, -0.2) is 0 Å². The summed E-state index contributed by atoms with van der Waals surface area (Å²) in [7, 11) is 0. The highest BCUT2D eigenvalue weighted by atomic mass is 14.9. The van der Waals surface area contributed by atoms with Crippen LogP contribution in [0, 0.1) is 5.92 Å². The maximum atomic E-state index is 3.44. The van der Waals surface area contributed by atoms with Crippen molar-refractivity contribution < 1.29 is 0 Å². The second-order valence-corrected chi connectivity index (χ2v) is 5.46. The molecule has 1 rings (SSSR count). The molecule has 1 nitrogen and oxygen atoms in total. The summed E-state index contributed by atoms with van der Waals surface area (Å²) in [5, 5.41) is 3.44. The van der Waals surface area contributed by atoms with E-state index in [9.17, 15) is 0 Å². The number of unbranched alkanes of at least 4 members (excludes halogenated alkanes) is 7. The molecule has 1 fully saturated rings. The lowest BCUT2D eigenvalue weighted by Gasteiger charge is -2.22. The summed E-state index contributed by atoms with van der Waals surface area (Å²) in [5.41, 5.74) is 0. The summed E-state index contributed by atoms with van der Waals surface area (Å²) in [5.74, 6) is 1.04. The molecule has 0 amide bonds. The van der Waals surface area contributed by atoms with Crippen LogP contribution >= 0.6 is 0 Å². The predicted octanol–water partition coefficient (Wildman–Crippen LogP) is 4.52. The highest BCUT2D eigenvalue weighted by Crippen LogP contribution is 2.19. The maximum Gasteiger partial charge on any atom is -0.00463 e. The lowest BCUT2D eigenvalue weighted by atomic mass is 9.92. The molecule has 0 aromatic carbocycles. The van der Waals surface area contributed by atoms with E-state index < -0.39 is 0 Å². The van der Waals surface area contributed by atoms with E-state index in [1.54, 1.807) is 0 Å². The Balaban J connectivity index is 1.77. The Morgan fingerprint density at radius 1 is 0.812 bits per heavy atom. The molecule has 1 saturated heterocycles. The van der Waals surface area contributed by atoms with Gasteiger partial charge in [-0.15, -0.1) is 0 Å². The zero-order valence-corrected chi connectivity index (χ0v) is 11.3. The first-order valence-electron chi connectivity index (χ1n) is 7.64. The van der Waals surface area contributed by atoms with Gasteiger partial charge in [0.1, 0.15) is 0 Å². The molecule has 1 aliphatic heterocycles. The average Bonchev–Trinajstić information content (AvgIpc) is 2.34. The molecule has 1 aliphatic rings. The molecule has 0 aromatic rings. The summed E-state index contributed by atoms with van der Waals surface area (Å²) in [6.45, 7) is 4.82. The molecule has 1 heteroatoms. The van der Waals surface area contributed by atoms with Crippen LogP contribution in [-0.2, 0) is 0 Å². The van der Waals surface area contributed by atoms with Crippen molar-refractivity contribution in [2.45, 2.75) is 77.6 Å². The monoisotopic (exact) mass is 225 g/mol. The van der Waals surface area contributed by atoms with Gasteiger partial charge in [-0.05, 0) is 31.8 Å². The number of nitrogens with one attached hydrogen (secondary N) is 1. The van der Waals surface area contributed by atoms with Crippen LogP contribution in [-0.4, -0.2) is 13.1 Å². The zero-order chi connectivity index (χ0) is 11.5. The third-order valence-corrected chi connectivity index (χ3v) is 3.92. The third kappa shape index (κ3) is 7.27. The van der Waals surface area contributed by atoms with E-state index in [-0.39, 0.29) is 0 Å². The molecule has 0 atom stereocenters. The molecule has 1 heterocycles. The van der Waals surface area contributed by atoms with Gasteiger partial charge in [0, 0.05) is 0 Å². The van der Waals surface area contributed by atoms with Crippen LogP contribution in [0.2, 0.25) is 0 Å². The second kappa shape index (κ2) is 10.1. The van der Waals surface area contributed by atoms with E-state index in [1.807, 2.05) is 0 Å². The van der Waals surface area contributed by atoms with Crippen molar-refractivity contribution in [2.24, 2.45) is 5.92 Å². The fourth-order valence-corrected chi connectivity index (χ4v) is 2.74. The molecular weight excluding hydrogens is 194 g/mol. The lowest BCUT2D eigenvalue weighted by Crippen LogP contribution is -2.27. The highest BCUT2D eigenvalue weighted by molar-refractivity contribution is 4.68. The van der Waals surface area contributed by atoms with Gasteiger partial charge in [0.2, 0.25) is 0 Å². The Morgan fingerprint density at radius 2 is 1.38 bits per heavy atom.